The van der Waals surface area contributed by atoms with Crippen LogP contribution in [0.2, 0.25) is 0 Å². The van der Waals surface area contributed by atoms with Gasteiger partial charge in [0.05, 0.1) is 19.7 Å². The van der Waals surface area contributed by atoms with E-state index in [4.69, 9.17) is 14.6 Å². The van der Waals surface area contributed by atoms with E-state index in [9.17, 15) is 13.2 Å². The molecule has 0 amide bonds. The van der Waals surface area contributed by atoms with Gasteiger partial charge < -0.3 is 19.6 Å². The molecule has 1 atom stereocenters. The second-order valence-corrected chi connectivity index (χ2v) is 7.02. The molecule has 1 N–H and O–H groups in total. The maximum atomic E-state index is 10.6. The van der Waals surface area contributed by atoms with Crippen molar-refractivity contribution >= 4 is 17.7 Å². The number of carbonyl (C=O) groups is 1. The third-order valence-electron chi connectivity index (χ3n) is 4.84. The summed E-state index contributed by atoms with van der Waals surface area (Å²) in [5.41, 5.74) is -0.160. The maximum Gasteiger partial charge on any atom is 0.490 e. The van der Waals surface area contributed by atoms with Crippen molar-refractivity contribution in [1.29, 1.82) is 0 Å². The number of aromatic nitrogens is 3. The van der Waals surface area contributed by atoms with Gasteiger partial charge in [-0.3, -0.25) is 0 Å². The Morgan fingerprint density at radius 2 is 1.70 bits per heavy atom. The first-order valence-electron chi connectivity index (χ1n) is 9.41. The minimum Gasteiger partial charge on any atom is -0.475 e. The second-order valence-electron chi connectivity index (χ2n) is 7.02. The van der Waals surface area contributed by atoms with E-state index in [1.807, 2.05) is 24.4 Å². The highest BCUT2D eigenvalue weighted by atomic mass is 19.4. The van der Waals surface area contributed by atoms with Gasteiger partial charge >= 0.3 is 12.1 Å². The van der Waals surface area contributed by atoms with Crippen LogP contribution in [0.1, 0.15) is 12.8 Å². The smallest absolute Gasteiger partial charge is 0.475 e. The predicted octanol–water partition coefficient (Wildman–Crippen LogP) is 2.38. The summed E-state index contributed by atoms with van der Waals surface area (Å²) < 4.78 is 38.0. The van der Waals surface area contributed by atoms with E-state index >= 15 is 0 Å². The molecule has 1 unspecified atom stereocenters. The average molecular weight is 425 g/mol. The van der Waals surface area contributed by atoms with Crippen molar-refractivity contribution < 1.29 is 27.8 Å². The Hall–Kier alpha value is -2.95. The zero-order valence-electron chi connectivity index (χ0n) is 16.1. The van der Waals surface area contributed by atoms with E-state index in [-0.39, 0.29) is 5.60 Å². The molecule has 0 saturated carbocycles. The van der Waals surface area contributed by atoms with Crippen molar-refractivity contribution in [2.45, 2.75) is 24.6 Å². The number of hydrogen-bond donors (Lipinski definition) is 1. The van der Waals surface area contributed by atoms with Crippen LogP contribution in [0, 0.1) is 0 Å². The molecular formula is C19H22F3N5O3. The van der Waals surface area contributed by atoms with Crippen LogP contribution in [0.4, 0.5) is 24.9 Å². The molecule has 0 aromatic carbocycles. The molecule has 2 aliphatic heterocycles. The van der Waals surface area contributed by atoms with E-state index < -0.39 is 12.1 Å². The van der Waals surface area contributed by atoms with Gasteiger partial charge in [-0.2, -0.15) is 13.2 Å². The van der Waals surface area contributed by atoms with Crippen LogP contribution >= 0.6 is 0 Å². The monoisotopic (exact) mass is 425 g/mol. The van der Waals surface area contributed by atoms with Crippen LogP contribution in [-0.2, 0) is 9.53 Å². The van der Waals surface area contributed by atoms with Crippen molar-refractivity contribution in [3.63, 3.8) is 0 Å². The highest BCUT2D eigenvalue weighted by Crippen LogP contribution is 2.31. The van der Waals surface area contributed by atoms with Crippen LogP contribution in [-0.4, -0.2) is 70.6 Å². The van der Waals surface area contributed by atoms with Crippen LogP contribution in [0.3, 0.4) is 0 Å². The summed E-state index contributed by atoms with van der Waals surface area (Å²) >= 11 is 0. The van der Waals surface area contributed by atoms with Gasteiger partial charge in [-0.05, 0) is 31.0 Å². The highest BCUT2D eigenvalue weighted by Gasteiger charge is 2.41. The fourth-order valence-corrected chi connectivity index (χ4v) is 3.55. The number of pyridine rings is 1. The minimum atomic E-state index is -5.08. The SMILES string of the molecule is O=C(O)C(F)(F)F.c1ccc(N2CCOC3(CCCN(c4ncccn4)C3)C2)nc1. The highest BCUT2D eigenvalue weighted by molar-refractivity contribution is 5.73. The number of ether oxygens (including phenoxy) is 1. The number of alkyl halides is 3. The molecule has 2 aromatic rings. The molecule has 1 spiro atoms. The van der Waals surface area contributed by atoms with Gasteiger partial charge in [-0.1, -0.05) is 6.07 Å². The number of anilines is 2. The van der Waals surface area contributed by atoms with E-state index in [0.717, 1.165) is 57.4 Å². The first-order valence-corrected chi connectivity index (χ1v) is 9.41. The first kappa shape index (κ1) is 21.8. The Morgan fingerprint density at radius 3 is 2.33 bits per heavy atom. The largest absolute Gasteiger partial charge is 0.490 e. The molecule has 2 saturated heterocycles. The number of hydrogen-bond acceptors (Lipinski definition) is 7. The molecule has 0 radical (unpaired) electrons. The Kier molecular flexibility index (Phi) is 6.70. The molecule has 8 nitrogen and oxygen atoms in total. The Bertz CT molecular complexity index is 766. The fraction of sp³-hybridized carbons (Fsp3) is 0.474. The van der Waals surface area contributed by atoms with Crippen LogP contribution in [0.15, 0.2) is 42.9 Å². The Balaban J connectivity index is 0.000000318. The molecule has 30 heavy (non-hydrogen) atoms. The number of aliphatic carboxylic acids is 1. The van der Waals surface area contributed by atoms with Gasteiger partial charge in [-0.25, -0.2) is 19.7 Å². The quantitative estimate of drug-likeness (QED) is 0.784. The lowest BCUT2D eigenvalue weighted by Crippen LogP contribution is -2.60. The first-order chi connectivity index (χ1) is 14.3. The lowest BCUT2D eigenvalue weighted by molar-refractivity contribution is -0.192. The third-order valence-corrected chi connectivity index (χ3v) is 4.84. The van der Waals surface area contributed by atoms with Gasteiger partial charge in [0.25, 0.3) is 0 Å². The van der Waals surface area contributed by atoms with Gasteiger partial charge in [-0.15, -0.1) is 0 Å². The van der Waals surface area contributed by atoms with Crippen molar-refractivity contribution in [3.05, 3.63) is 42.9 Å². The Morgan fingerprint density at radius 1 is 1.03 bits per heavy atom. The van der Waals surface area contributed by atoms with Crippen LogP contribution in [0.5, 0.6) is 0 Å². The molecule has 0 bridgehead atoms. The molecule has 11 heteroatoms. The number of carboxylic acid groups (broad SMARTS) is 1. The van der Waals surface area contributed by atoms with Gasteiger partial charge in [0, 0.05) is 31.7 Å². The van der Waals surface area contributed by atoms with E-state index in [1.54, 1.807) is 12.4 Å². The zero-order chi connectivity index (χ0) is 21.6. The fourth-order valence-electron chi connectivity index (χ4n) is 3.55. The van der Waals surface area contributed by atoms with Crippen LogP contribution in [0.25, 0.3) is 0 Å². The number of carboxylic acids is 1. The lowest BCUT2D eigenvalue weighted by atomic mass is 9.91. The summed E-state index contributed by atoms with van der Waals surface area (Å²) in [6.07, 6.45) is 2.52. The maximum absolute atomic E-state index is 10.6. The number of piperidine rings is 1. The normalized spacial score (nSPS) is 21.7. The molecule has 162 valence electrons. The topological polar surface area (TPSA) is 91.7 Å². The number of rotatable bonds is 2. The molecule has 2 fully saturated rings. The summed E-state index contributed by atoms with van der Waals surface area (Å²) in [6.45, 7) is 4.31. The summed E-state index contributed by atoms with van der Waals surface area (Å²) in [4.78, 5) is 26.7. The molecule has 2 aliphatic rings. The molecule has 4 rings (SSSR count). The molecule has 4 heterocycles. The molecule has 0 aliphatic carbocycles. The zero-order valence-corrected chi connectivity index (χ0v) is 16.1. The summed E-state index contributed by atoms with van der Waals surface area (Å²) in [5.74, 6) is -0.930. The number of halogens is 3. The molecular weight excluding hydrogens is 403 g/mol. The number of nitrogens with zero attached hydrogens (tertiary/aromatic N) is 5. The molecule has 2 aromatic heterocycles. The van der Waals surface area contributed by atoms with Crippen molar-refractivity contribution in [2.24, 2.45) is 0 Å². The lowest BCUT2D eigenvalue weighted by Gasteiger charge is -2.48. The summed E-state index contributed by atoms with van der Waals surface area (Å²) in [5, 5.41) is 7.12. The van der Waals surface area contributed by atoms with Crippen LogP contribution < -0.4 is 9.80 Å². The summed E-state index contributed by atoms with van der Waals surface area (Å²) in [7, 11) is 0. The van der Waals surface area contributed by atoms with E-state index in [0.29, 0.717) is 0 Å². The Labute approximate surface area is 171 Å². The van der Waals surface area contributed by atoms with E-state index in [1.165, 1.54) is 0 Å². The predicted molar refractivity (Wildman–Crippen MR) is 102 cm³/mol. The van der Waals surface area contributed by atoms with Gasteiger partial charge in [0.2, 0.25) is 5.95 Å². The number of morpholine rings is 1. The minimum absolute atomic E-state index is 0.160. The van der Waals surface area contributed by atoms with Gasteiger partial charge in [0.15, 0.2) is 0 Å². The summed E-state index contributed by atoms with van der Waals surface area (Å²) in [6, 6.07) is 7.91. The average Bonchev–Trinajstić information content (AvgIpc) is 2.75. The third kappa shape index (κ3) is 5.56. The van der Waals surface area contributed by atoms with Crippen molar-refractivity contribution in [1.82, 2.24) is 15.0 Å². The van der Waals surface area contributed by atoms with Crippen molar-refractivity contribution in [3.8, 4) is 0 Å². The standard InChI is InChI=1S/C17H21N5O.C2HF3O2/c1-2-7-18-15(5-1)21-11-12-23-17(13-21)6-3-10-22(14-17)16-19-8-4-9-20-16;3-2(4,5)1(6)7/h1-2,4-5,7-9H,3,6,10-14H2;(H,6,7). The van der Waals surface area contributed by atoms with E-state index in [2.05, 4.69) is 30.8 Å². The van der Waals surface area contributed by atoms with Crippen molar-refractivity contribution in [2.75, 3.05) is 42.6 Å². The second kappa shape index (κ2) is 9.24. The van der Waals surface area contributed by atoms with Gasteiger partial charge in [0.1, 0.15) is 11.4 Å².